The molecular weight excluding hydrogens is 364 g/mol. The number of amides is 1. The standard InChI is InChI=1S/C21H19ClN2O3/c1-27-21(26)14-8-6-13(7-9-14)20-19-16(10-11-24(20)18(25)12-22)15-4-2-3-5-17(15)23-19/h2-9,20,23H,10-12H2,1H3/t20-/m0/s1. The number of aromatic amines is 1. The maximum atomic E-state index is 12.5. The molecule has 3 aromatic rings. The molecule has 27 heavy (non-hydrogen) atoms. The van der Waals surface area contributed by atoms with Crippen LogP contribution in [0.2, 0.25) is 0 Å². The van der Waals surface area contributed by atoms with Crippen LogP contribution in [0, 0.1) is 0 Å². The predicted octanol–water partition coefficient (Wildman–Crippen LogP) is 3.67. The Labute approximate surface area is 161 Å². The van der Waals surface area contributed by atoms with E-state index in [0.29, 0.717) is 12.1 Å². The van der Waals surface area contributed by atoms with Crippen LogP contribution in [-0.2, 0) is 16.0 Å². The van der Waals surface area contributed by atoms with E-state index in [-0.39, 0.29) is 23.8 Å². The maximum Gasteiger partial charge on any atom is 0.337 e. The topological polar surface area (TPSA) is 62.4 Å². The third kappa shape index (κ3) is 2.98. The van der Waals surface area contributed by atoms with Crippen LogP contribution in [0.15, 0.2) is 48.5 Å². The summed E-state index contributed by atoms with van der Waals surface area (Å²) in [6.07, 6.45) is 0.777. The minimum Gasteiger partial charge on any atom is -0.465 e. The molecule has 2 aromatic carbocycles. The quantitative estimate of drug-likeness (QED) is 0.555. The second-order valence-electron chi connectivity index (χ2n) is 6.55. The number of H-pyrrole nitrogens is 1. The van der Waals surface area contributed by atoms with Gasteiger partial charge in [-0.2, -0.15) is 0 Å². The number of esters is 1. The third-order valence-electron chi connectivity index (χ3n) is 5.12. The molecule has 0 saturated carbocycles. The van der Waals surface area contributed by atoms with Gasteiger partial charge in [-0.1, -0.05) is 30.3 Å². The van der Waals surface area contributed by atoms with Crippen LogP contribution in [0.25, 0.3) is 10.9 Å². The number of halogens is 1. The molecule has 0 spiro atoms. The van der Waals surface area contributed by atoms with E-state index >= 15 is 0 Å². The number of hydrogen-bond donors (Lipinski definition) is 1. The van der Waals surface area contributed by atoms with Gasteiger partial charge in [0.2, 0.25) is 5.91 Å². The van der Waals surface area contributed by atoms with Crippen molar-refractivity contribution in [2.45, 2.75) is 12.5 Å². The van der Waals surface area contributed by atoms with Gasteiger partial charge in [-0.3, -0.25) is 4.79 Å². The minimum absolute atomic E-state index is 0.0632. The Balaban J connectivity index is 1.84. The summed E-state index contributed by atoms with van der Waals surface area (Å²) in [6, 6.07) is 15.1. The second-order valence-corrected chi connectivity index (χ2v) is 6.82. The molecular formula is C21H19ClN2O3. The Morgan fingerprint density at radius 2 is 1.93 bits per heavy atom. The van der Waals surface area contributed by atoms with Gasteiger partial charge in [0.1, 0.15) is 5.88 Å². The predicted molar refractivity (Wildman–Crippen MR) is 104 cm³/mol. The van der Waals surface area contributed by atoms with Crippen molar-refractivity contribution in [2.75, 3.05) is 19.5 Å². The fourth-order valence-corrected chi connectivity index (χ4v) is 4.01. The zero-order valence-electron chi connectivity index (χ0n) is 14.9. The molecule has 138 valence electrons. The van der Waals surface area contributed by atoms with Gasteiger partial charge in [-0.05, 0) is 35.7 Å². The maximum absolute atomic E-state index is 12.5. The van der Waals surface area contributed by atoms with Crippen molar-refractivity contribution in [1.29, 1.82) is 0 Å². The van der Waals surface area contributed by atoms with Gasteiger partial charge < -0.3 is 14.6 Å². The number of carbonyl (C=O) groups is 2. The molecule has 0 unspecified atom stereocenters. The Morgan fingerprint density at radius 1 is 1.19 bits per heavy atom. The van der Waals surface area contributed by atoms with E-state index in [1.165, 1.54) is 18.1 Å². The monoisotopic (exact) mass is 382 g/mol. The summed E-state index contributed by atoms with van der Waals surface area (Å²) in [5.74, 6) is -0.556. The number of hydrogen-bond acceptors (Lipinski definition) is 3. The molecule has 1 aliphatic heterocycles. The van der Waals surface area contributed by atoms with E-state index in [2.05, 4.69) is 11.1 Å². The summed E-state index contributed by atoms with van der Waals surface area (Å²) < 4.78 is 4.77. The van der Waals surface area contributed by atoms with Gasteiger partial charge in [0, 0.05) is 23.1 Å². The number of carbonyl (C=O) groups excluding carboxylic acids is 2. The first kappa shape index (κ1) is 17.6. The number of para-hydroxylation sites is 1. The number of rotatable bonds is 3. The molecule has 0 saturated heterocycles. The lowest BCUT2D eigenvalue weighted by molar-refractivity contribution is -0.130. The molecule has 0 aliphatic carbocycles. The number of nitrogens with one attached hydrogen (secondary N) is 1. The third-order valence-corrected chi connectivity index (χ3v) is 5.35. The molecule has 4 rings (SSSR count). The number of benzene rings is 2. The Hall–Kier alpha value is -2.79. The number of ether oxygens (including phenoxy) is 1. The SMILES string of the molecule is COC(=O)c1ccc([C@H]2c3[nH]c4ccccc4c3CCN2C(=O)CCl)cc1. The summed E-state index contributed by atoms with van der Waals surface area (Å²) in [5.41, 5.74) is 4.69. The zero-order valence-corrected chi connectivity index (χ0v) is 15.6. The van der Waals surface area contributed by atoms with E-state index < -0.39 is 0 Å². The highest BCUT2D eigenvalue weighted by Gasteiger charge is 2.34. The Kier molecular flexibility index (Phi) is 4.62. The van der Waals surface area contributed by atoms with Crippen molar-refractivity contribution in [3.8, 4) is 0 Å². The van der Waals surface area contributed by atoms with E-state index in [4.69, 9.17) is 16.3 Å². The van der Waals surface area contributed by atoms with E-state index in [1.807, 2.05) is 30.3 Å². The van der Waals surface area contributed by atoms with Crippen LogP contribution < -0.4 is 0 Å². The molecule has 1 aromatic heterocycles. The molecule has 1 atom stereocenters. The number of fused-ring (bicyclic) bond motifs is 3. The first-order valence-electron chi connectivity index (χ1n) is 8.77. The fourth-order valence-electron chi connectivity index (χ4n) is 3.85. The van der Waals surface area contributed by atoms with E-state index in [1.54, 1.807) is 17.0 Å². The van der Waals surface area contributed by atoms with Gasteiger partial charge in [-0.25, -0.2) is 4.79 Å². The smallest absolute Gasteiger partial charge is 0.337 e. The van der Waals surface area contributed by atoms with E-state index in [9.17, 15) is 9.59 Å². The highest BCUT2D eigenvalue weighted by atomic mass is 35.5. The first-order valence-corrected chi connectivity index (χ1v) is 9.30. The Morgan fingerprint density at radius 3 is 2.63 bits per heavy atom. The number of alkyl halides is 1. The van der Waals surface area contributed by atoms with Crippen LogP contribution in [0.1, 0.15) is 33.2 Å². The molecule has 1 aliphatic rings. The summed E-state index contributed by atoms with van der Waals surface area (Å²) in [7, 11) is 1.36. The van der Waals surface area contributed by atoms with Crippen molar-refractivity contribution >= 4 is 34.4 Å². The van der Waals surface area contributed by atoms with Crippen LogP contribution in [0.4, 0.5) is 0 Å². The zero-order chi connectivity index (χ0) is 19.0. The molecule has 5 nitrogen and oxygen atoms in total. The van der Waals surface area contributed by atoms with Gasteiger partial charge in [0.05, 0.1) is 18.7 Å². The van der Waals surface area contributed by atoms with Crippen molar-refractivity contribution < 1.29 is 14.3 Å². The molecule has 1 amide bonds. The Bertz CT molecular complexity index is 1010. The van der Waals surface area contributed by atoms with Gasteiger partial charge in [-0.15, -0.1) is 11.6 Å². The average Bonchev–Trinajstić information content (AvgIpc) is 3.10. The van der Waals surface area contributed by atoms with Crippen molar-refractivity contribution in [1.82, 2.24) is 9.88 Å². The van der Waals surface area contributed by atoms with Crippen molar-refractivity contribution in [2.24, 2.45) is 0 Å². The molecule has 1 N–H and O–H groups in total. The van der Waals surface area contributed by atoms with E-state index in [0.717, 1.165) is 23.2 Å². The lowest BCUT2D eigenvalue weighted by Gasteiger charge is -2.36. The van der Waals surface area contributed by atoms with Crippen LogP contribution >= 0.6 is 11.6 Å². The summed E-state index contributed by atoms with van der Waals surface area (Å²) in [6.45, 7) is 0.601. The first-order chi connectivity index (χ1) is 13.1. The summed E-state index contributed by atoms with van der Waals surface area (Å²) >= 11 is 5.87. The van der Waals surface area contributed by atoms with Crippen molar-refractivity contribution in [3.05, 3.63) is 70.9 Å². The summed E-state index contributed by atoms with van der Waals surface area (Å²) in [5, 5.41) is 1.18. The normalized spacial score (nSPS) is 16.2. The number of nitrogens with zero attached hydrogens (tertiary/aromatic N) is 1. The molecule has 0 radical (unpaired) electrons. The lowest BCUT2D eigenvalue weighted by Crippen LogP contribution is -2.41. The van der Waals surface area contributed by atoms with Crippen molar-refractivity contribution in [3.63, 3.8) is 0 Å². The molecule has 6 heteroatoms. The number of methoxy groups -OCH3 is 1. The highest BCUT2D eigenvalue weighted by molar-refractivity contribution is 6.27. The van der Waals surface area contributed by atoms with Crippen LogP contribution in [0.5, 0.6) is 0 Å². The molecule has 0 bridgehead atoms. The van der Waals surface area contributed by atoms with Crippen LogP contribution in [0.3, 0.4) is 0 Å². The highest BCUT2D eigenvalue weighted by Crippen LogP contribution is 2.38. The molecule has 2 heterocycles. The second kappa shape index (κ2) is 7.08. The van der Waals surface area contributed by atoms with Gasteiger partial charge >= 0.3 is 5.97 Å². The lowest BCUT2D eigenvalue weighted by atomic mass is 9.92. The fraction of sp³-hybridized carbons (Fsp3) is 0.238. The largest absolute Gasteiger partial charge is 0.465 e. The molecule has 0 fully saturated rings. The van der Waals surface area contributed by atoms with Gasteiger partial charge in [0.15, 0.2) is 0 Å². The van der Waals surface area contributed by atoms with Crippen LogP contribution in [-0.4, -0.2) is 41.3 Å². The minimum atomic E-state index is -0.384. The van der Waals surface area contributed by atoms with Gasteiger partial charge in [0.25, 0.3) is 0 Å². The average molecular weight is 383 g/mol. The summed E-state index contributed by atoms with van der Waals surface area (Å²) in [4.78, 5) is 29.5. The number of aromatic nitrogens is 1.